The highest BCUT2D eigenvalue weighted by atomic mass is 79.9. The Balaban J connectivity index is 0.000000177. The third kappa shape index (κ3) is 29.6. The molecule has 557 valence electrons. The largest absolute Gasteiger partial charge is 0.619 e. The number of carbonyl (C=O) groups excluding carboxylic acids is 5. The molecule has 106 heavy (non-hydrogen) atoms. The van der Waals surface area contributed by atoms with E-state index in [1.54, 1.807) is 90.6 Å². The normalized spacial score (nSPS) is 19.6. The third-order valence-corrected chi connectivity index (χ3v) is 20.1. The molecule has 3 N–H and O–H groups in total. The number of alkyl halides is 1. The van der Waals surface area contributed by atoms with Gasteiger partial charge in [0.25, 0.3) is 22.2 Å². The van der Waals surface area contributed by atoms with Crippen molar-refractivity contribution in [2.75, 3.05) is 76.1 Å². The fourth-order valence-electron chi connectivity index (χ4n) is 12.1. The Labute approximate surface area is 652 Å². The van der Waals surface area contributed by atoms with Gasteiger partial charge in [0, 0.05) is 104 Å². The van der Waals surface area contributed by atoms with Crippen LogP contribution in [-0.2, 0) is 33.3 Å². The lowest BCUT2D eigenvalue weighted by Crippen LogP contribution is -2.46. The molecule has 23 nitrogen and oxygen atoms in total. The molecule has 0 saturated carbocycles. The molecule has 0 bridgehead atoms. The van der Waals surface area contributed by atoms with Gasteiger partial charge < -0.3 is 64.5 Å². The van der Waals surface area contributed by atoms with Crippen molar-refractivity contribution >= 4 is 132 Å². The average molecular weight is 1610 g/mol. The van der Waals surface area contributed by atoms with Gasteiger partial charge in [0.05, 0.1) is 50.7 Å². The number of pyridine rings is 7. The summed E-state index contributed by atoms with van der Waals surface area (Å²) in [7, 11) is 4.54. The highest BCUT2D eigenvalue weighted by Gasteiger charge is 2.52. The van der Waals surface area contributed by atoms with Crippen LogP contribution in [0.3, 0.4) is 0 Å². The highest BCUT2D eigenvalue weighted by molar-refractivity contribution is 9.10. The minimum absolute atomic E-state index is 0.0825. The minimum atomic E-state index is -0.310. The van der Waals surface area contributed by atoms with Crippen LogP contribution in [0, 0.1) is 10.4 Å². The van der Waals surface area contributed by atoms with Gasteiger partial charge in [-0.3, -0.25) is 29.4 Å². The molecule has 0 aliphatic carbocycles. The first-order chi connectivity index (χ1) is 51.0. The Morgan fingerprint density at radius 1 is 0.613 bits per heavy atom. The van der Waals surface area contributed by atoms with Crippen molar-refractivity contribution in [1.82, 2.24) is 49.6 Å². The van der Waals surface area contributed by atoms with E-state index in [9.17, 15) is 34.4 Å². The van der Waals surface area contributed by atoms with Gasteiger partial charge in [-0.05, 0) is 244 Å². The molecule has 0 spiro atoms. The first kappa shape index (κ1) is 85.8. The van der Waals surface area contributed by atoms with E-state index < -0.39 is 0 Å². The highest BCUT2D eigenvalue weighted by Crippen LogP contribution is 2.39. The Morgan fingerprint density at radius 3 is 1.58 bits per heavy atom. The SMILES string of the molecule is Brc1ccncc1.CC1(C)OB(C2=CCCN([B]C=O)C2)OC1(C)C.C[C@@H](Br)C(=O)Nc1ccc(Cl)cn1.C[C@@H](C(=O)Nc1ccc(Cl)cn1)N1CCC[C@@H](c2cc[n+]([O-])cc2)C1.O=C[B]N1CCC=C(c2ccncc2)C1.O=C[B]N1CCCC(c2ccncc2)C1.[O-][n+]1ccc(C2CCCNC2)cc1. The van der Waals surface area contributed by atoms with Crippen molar-refractivity contribution in [2.24, 2.45) is 0 Å². The van der Waals surface area contributed by atoms with Crippen LogP contribution in [-0.4, -0.2) is 192 Å². The molecule has 4 fully saturated rings. The van der Waals surface area contributed by atoms with E-state index in [2.05, 4.69) is 107 Å². The molecule has 4 saturated heterocycles. The van der Waals surface area contributed by atoms with E-state index in [0.29, 0.717) is 46.0 Å². The van der Waals surface area contributed by atoms with E-state index in [0.717, 1.165) is 135 Å². The molecule has 5 atom stereocenters. The van der Waals surface area contributed by atoms with Crippen LogP contribution in [0.1, 0.15) is 133 Å². The zero-order valence-electron chi connectivity index (χ0n) is 60.9. The first-order valence-corrected chi connectivity index (χ1v) is 38.0. The number of halogens is 4. The smallest absolute Gasteiger partial charge is 0.491 e. The zero-order valence-corrected chi connectivity index (χ0v) is 65.6. The van der Waals surface area contributed by atoms with Crippen LogP contribution < -0.4 is 25.4 Å². The summed E-state index contributed by atoms with van der Waals surface area (Å²) in [5.74, 6) is 2.25. The van der Waals surface area contributed by atoms with Gasteiger partial charge in [0.15, 0.2) is 24.8 Å². The first-order valence-electron chi connectivity index (χ1n) is 35.5. The van der Waals surface area contributed by atoms with Crippen molar-refractivity contribution in [2.45, 2.75) is 133 Å². The van der Waals surface area contributed by atoms with Gasteiger partial charge in [0.2, 0.25) is 11.8 Å². The van der Waals surface area contributed by atoms with E-state index in [1.165, 1.54) is 66.3 Å². The van der Waals surface area contributed by atoms with Crippen molar-refractivity contribution in [3.05, 3.63) is 224 Å². The maximum Gasteiger partial charge on any atom is 0.491 e. The summed E-state index contributed by atoms with van der Waals surface area (Å²) in [5.41, 5.74) is 6.69. The summed E-state index contributed by atoms with van der Waals surface area (Å²) >= 11 is 17.9. The van der Waals surface area contributed by atoms with Crippen LogP contribution in [0.15, 0.2) is 181 Å². The molecule has 2 unspecified atom stereocenters. The maximum absolute atomic E-state index is 12.5. The molecule has 3 radical (unpaired) electrons. The monoisotopic (exact) mass is 1610 g/mol. The summed E-state index contributed by atoms with van der Waals surface area (Å²) in [5, 5.41) is 31.9. The number of nitrogens with one attached hydrogen (secondary N) is 3. The number of amides is 2. The molecule has 6 aliphatic rings. The lowest BCUT2D eigenvalue weighted by atomic mass is 9.74. The second-order valence-corrected chi connectivity index (χ2v) is 30.0. The number of hydrogen-bond acceptors (Lipinski definition) is 19. The molecule has 31 heteroatoms. The number of nitrogens with zero attached hydrogens (tertiary/aromatic N) is 11. The lowest BCUT2D eigenvalue weighted by molar-refractivity contribution is -0.605. The molecule has 6 aliphatic heterocycles. The molecule has 0 aromatic carbocycles. The zero-order chi connectivity index (χ0) is 76.3. The van der Waals surface area contributed by atoms with Crippen molar-refractivity contribution in [3.63, 3.8) is 0 Å². The van der Waals surface area contributed by atoms with Crippen LogP contribution in [0.2, 0.25) is 10.0 Å². The van der Waals surface area contributed by atoms with Gasteiger partial charge in [-0.15, -0.1) is 0 Å². The predicted molar refractivity (Wildman–Crippen MR) is 429 cm³/mol. The number of hydrogen-bond donors (Lipinski definition) is 3. The molecule has 2 amide bonds. The van der Waals surface area contributed by atoms with E-state index in [1.807, 2.05) is 105 Å². The number of likely N-dealkylation sites (tertiary alicyclic amines) is 1. The third-order valence-electron chi connectivity index (χ3n) is 18.7. The quantitative estimate of drug-likeness (QED) is 0.0267. The molecular formula is C75H93B4Br2Cl2N14O9. The van der Waals surface area contributed by atoms with E-state index in [-0.39, 0.29) is 41.0 Å². The van der Waals surface area contributed by atoms with Crippen LogP contribution in [0.4, 0.5) is 11.6 Å². The van der Waals surface area contributed by atoms with E-state index in [4.69, 9.17) is 32.5 Å². The molecule has 7 aromatic heterocycles. The second kappa shape index (κ2) is 45.4. The fraction of sp³-hybridized carbons (Fsp3) is 0.413. The summed E-state index contributed by atoms with van der Waals surface area (Å²) in [6.07, 6.45) is 35.6. The predicted octanol–water partition coefficient (Wildman–Crippen LogP) is 10.8. The lowest BCUT2D eigenvalue weighted by Gasteiger charge is -2.36. The number of carbonyl (C=O) groups is 5. The Morgan fingerprint density at radius 2 is 1.08 bits per heavy atom. The number of aromatic nitrogens is 7. The van der Waals surface area contributed by atoms with Crippen molar-refractivity contribution in [3.8, 4) is 0 Å². The van der Waals surface area contributed by atoms with Crippen LogP contribution in [0.25, 0.3) is 5.57 Å². The Hall–Kier alpha value is -7.40. The Kier molecular flexibility index (Phi) is 36.8. The van der Waals surface area contributed by atoms with Gasteiger partial charge >= 0.3 is 7.12 Å². The Bertz CT molecular complexity index is 3820. The van der Waals surface area contributed by atoms with Gasteiger partial charge in [-0.25, -0.2) is 9.97 Å². The molecule has 7 aromatic rings. The number of rotatable bonds is 16. The van der Waals surface area contributed by atoms with Gasteiger partial charge in [-0.1, -0.05) is 67.2 Å². The van der Waals surface area contributed by atoms with Gasteiger partial charge in [-0.2, -0.15) is 9.46 Å². The van der Waals surface area contributed by atoms with Crippen LogP contribution >= 0.6 is 55.1 Å². The average Bonchev–Trinajstić information content (AvgIpc) is 1.62. The minimum Gasteiger partial charge on any atom is -0.619 e. The standard InChI is InChI=1S/C18H21ClN4O2.C12H20B2NO3.C11H14BN2O.C11H12BN2O.C10H14N2O.C8H8BrClN2O.C5H4BrN/c1-13(18(24)21-17-5-4-16(19)11-20-17)22-8-2-3-15(12-22)14-6-9-23(25)10-7-14;1-11(2)12(3,4)18-14(17-11)10-6-5-7-15(8-10)13-9-16;2*15-9-12-14-7-1-2-11(8-14)10-3-5-13-6-4-10;13-12-6-3-9(4-7-12)10-2-1-5-11-8-10;1-5(9)8(13)12-7-3-2-6(10)4-11-7;6-5-1-3-7-4-2-5/h4-7,9-11,13,15H,2-3,8,12H2,1H3,(H,20,21,24);6,9H,5,7-8H2,1-4H3;3-6,9,11H,1-2,7-8H2;2-6,9H,1,7-8H2;3-4,6-7,10-11H,1-2,5,8H2;2-5H,1H3,(H,11,12,13);1-4H/t13-,15+;;;;;5-;/m0....1./s1. The summed E-state index contributed by atoms with van der Waals surface area (Å²) in [4.78, 5) is 82.9. The van der Waals surface area contributed by atoms with Crippen molar-refractivity contribution in [1.29, 1.82) is 0 Å². The second-order valence-electron chi connectivity index (χ2n) is 26.8. The molecule has 13 rings (SSSR count). The topological polar surface area (TPSA) is 271 Å². The fourth-order valence-corrected chi connectivity index (χ4v) is 12.7. The maximum atomic E-state index is 12.5. The van der Waals surface area contributed by atoms with E-state index >= 15 is 0 Å². The van der Waals surface area contributed by atoms with Crippen LogP contribution in [0.5, 0.6) is 0 Å². The molecule has 13 heterocycles. The summed E-state index contributed by atoms with van der Waals surface area (Å²) < 4.78 is 14.7. The summed E-state index contributed by atoms with van der Waals surface area (Å²) in [6.45, 7) is 21.0. The number of anilines is 2. The summed E-state index contributed by atoms with van der Waals surface area (Å²) in [6, 6.07) is 25.9. The van der Waals surface area contributed by atoms with Gasteiger partial charge in [0.1, 0.15) is 11.6 Å². The van der Waals surface area contributed by atoms with Crippen molar-refractivity contribution < 1.29 is 42.7 Å². The molecular weight excluding hydrogens is 1510 g/mol. The number of piperidine rings is 3.